The number of halogens is 1. The molecule has 1 fully saturated rings. The molecule has 20 heavy (non-hydrogen) atoms. The van der Waals surface area contributed by atoms with Gasteiger partial charge in [0, 0.05) is 12.1 Å². The Morgan fingerprint density at radius 3 is 2.65 bits per heavy atom. The van der Waals surface area contributed by atoms with E-state index in [0.717, 1.165) is 25.8 Å². The molecule has 1 aromatic rings. The molecule has 0 unspecified atom stereocenters. The first-order chi connectivity index (χ1) is 9.53. The topological polar surface area (TPSA) is 44.4 Å². The number of hydrogen-bond acceptors (Lipinski definition) is 2. The number of carbonyl (C=O) groups is 1. The van der Waals surface area contributed by atoms with Crippen molar-refractivity contribution < 1.29 is 9.18 Å². The Morgan fingerprint density at radius 2 is 2.05 bits per heavy atom. The molecule has 2 rings (SSSR count). The average Bonchev–Trinajstić information content (AvgIpc) is 3.15. The van der Waals surface area contributed by atoms with Crippen molar-refractivity contribution in [2.45, 2.75) is 24.8 Å². The molecule has 0 aliphatic heterocycles. The molecule has 1 aliphatic carbocycles. The zero-order valence-corrected chi connectivity index (χ0v) is 12.1. The third-order valence-electron chi connectivity index (χ3n) is 3.56. The van der Waals surface area contributed by atoms with Crippen molar-refractivity contribution in [3.05, 3.63) is 35.6 Å². The number of nitrogens with zero attached hydrogens (tertiary/aromatic N) is 1. The van der Waals surface area contributed by atoms with Crippen LogP contribution in [0.3, 0.4) is 0 Å². The standard InChI is InChI=1S/C15H22FN3O/c1-19(2)11-5-10-17-14(20)18-15(8-9-15)12-6-3-4-7-13(12)16/h3-4,6-7H,5,8-11H2,1-2H3,(H2,17,18,20). The smallest absolute Gasteiger partial charge is 0.315 e. The number of benzene rings is 1. The van der Waals surface area contributed by atoms with Crippen LogP contribution in [-0.2, 0) is 5.54 Å². The molecule has 0 bridgehead atoms. The largest absolute Gasteiger partial charge is 0.338 e. The van der Waals surface area contributed by atoms with E-state index in [9.17, 15) is 9.18 Å². The van der Waals surface area contributed by atoms with Gasteiger partial charge in [0.2, 0.25) is 0 Å². The molecule has 5 heteroatoms. The molecule has 0 atom stereocenters. The number of amides is 2. The average molecular weight is 279 g/mol. The van der Waals surface area contributed by atoms with E-state index in [4.69, 9.17) is 0 Å². The van der Waals surface area contributed by atoms with Crippen molar-refractivity contribution in [3.8, 4) is 0 Å². The Balaban J connectivity index is 1.84. The van der Waals surface area contributed by atoms with E-state index in [-0.39, 0.29) is 11.8 Å². The molecule has 110 valence electrons. The minimum atomic E-state index is -0.503. The molecule has 2 N–H and O–H groups in total. The summed E-state index contributed by atoms with van der Waals surface area (Å²) in [6.07, 6.45) is 2.48. The van der Waals surface area contributed by atoms with Gasteiger partial charge < -0.3 is 15.5 Å². The normalized spacial score (nSPS) is 16.0. The van der Waals surface area contributed by atoms with Crippen molar-refractivity contribution >= 4 is 6.03 Å². The van der Waals surface area contributed by atoms with Crippen molar-refractivity contribution in [1.29, 1.82) is 0 Å². The fraction of sp³-hybridized carbons (Fsp3) is 0.533. The van der Waals surface area contributed by atoms with Crippen molar-refractivity contribution in [2.75, 3.05) is 27.2 Å². The Labute approximate surface area is 119 Å². The third-order valence-corrected chi connectivity index (χ3v) is 3.56. The highest BCUT2D eigenvalue weighted by atomic mass is 19.1. The second-order valence-electron chi connectivity index (χ2n) is 5.60. The number of urea groups is 1. The first-order valence-electron chi connectivity index (χ1n) is 6.99. The number of nitrogens with one attached hydrogen (secondary N) is 2. The minimum absolute atomic E-state index is 0.218. The molecule has 1 aliphatic rings. The van der Waals surface area contributed by atoms with Crippen molar-refractivity contribution in [1.82, 2.24) is 15.5 Å². The van der Waals surface area contributed by atoms with Crippen LogP contribution in [0.4, 0.5) is 9.18 Å². The van der Waals surface area contributed by atoms with E-state index in [2.05, 4.69) is 15.5 Å². The maximum absolute atomic E-state index is 13.8. The lowest BCUT2D eigenvalue weighted by atomic mass is 10.0. The molecule has 0 saturated heterocycles. The van der Waals surface area contributed by atoms with E-state index in [1.54, 1.807) is 18.2 Å². The van der Waals surface area contributed by atoms with E-state index >= 15 is 0 Å². The van der Waals surface area contributed by atoms with Crippen LogP contribution in [0.25, 0.3) is 0 Å². The first kappa shape index (κ1) is 14.8. The van der Waals surface area contributed by atoms with Crippen molar-refractivity contribution in [3.63, 3.8) is 0 Å². The predicted molar refractivity (Wildman–Crippen MR) is 77.0 cm³/mol. The minimum Gasteiger partial charge on any atom is -0.338 e. The predicted octanol–water partition coefficient (Wildman–Crippen LogP) is 2.07. The van der Waals surface area contributed by atoms with E-state index < -0.39 is 5.54 Å². The summed E-state index contributed by atoms with van der Waals surface area (Å²) in [6, 6.07) is 6.43. The fourth-order valence-electron chi connectivity index (χ4n) is 2.29. The summed E-state index contributed by atoms with van der Waals surface area (Å²) in [6.45, 7) is 1.55. The van der Waals surface area contributed by atoms with Gasteiger partial charge in [-0.15, -0.1) is 0 Å². The van der Waals surface area contributed by atoms with Gasteiger partial charge in [-0.05, 0) is 46.0 Å². The lowest BCUT2D eigenvalue weighted by molar-refractivity contribution is 0.234. The van der Waals surface area contributed by atoms with Gasteiger partial charge in [-0.1, -0.05) is 18.2 Å². The maximum Gasteiger partial charge on any atom is 0.315 e. The Hall–Kier alpha value is -1.62. The van der Waals surface area contributed by atoms with Crippen LogP contribution in [0.2, 0.25) is 0 Å². The van der Waals surface area contributed by atoms with Gasteiger partial charge in [-0.3, -0.25) is 0 Å². The van der Waals surface area contributed by atoms with E-state index in [0.29, 0.717) is 12.1 Å². The second-order valence-corrected chi connectivity index (χ2v) is 5.60. The monoisotopic (exact) mass is 279 g/mol. The molecule has 0 heterocycles. The highest BCUT2D eigenvalue weighted by Crippen LogP contribution is 2.46. The zero-order valence-electron chi connectivity index (χ0n) is 12.1. The van der Waals surface area contributed by atoms with Crippen LogP contribution in [0, 0.1) is 5.82 Å². The summed E-state index contributed by atoms with van der Waals surface area (Å²) in [4.78, 5) is 13.9. The van der Waals surface area contributed by atoms with Gasteiger partial charge >= 0.3 is 6.03 Å². The molecule has 0 spiro atoms. The molecular formula is C15H22FN3O. The van der Waals surface area contributed by atoms with E-state index in [1.165, 1.54) is 6.07 Å². The van der Waals surface area contributed by atoms with Crippen LogP contribution >= 0.6 is 0 Å². The van der Waals surface area contributed by atoms with Gasteiger partial charge in [0.1, 0.15) is 5.82 Å². The van der Waals surface area contributed by atoms with Gasteiger partial charge in [0.25, 0.3) is 0 Å². The summed E-state index contributed by atoms with van der Waals surface area (Å²) >= 11 is 0. The van der Waals surface area contributed by atoms with Crippen LogP contribution in [0.5, 0.6) is 0 Å². The lowest BCUT2D eigenvalue weighted by Gasteiger charge is -2.19. The van der Waals surface area contributed by atoms with E-state index in [1.807, 2.05) is 14.1 Å². The van der Waals surface area contributed by atoms with Crippen LogP contribution < -0.4 is 10.6 Å². The summed E-state index contributed by atoms with van der Waals surface area (Å²) in [5.74, 6) is -0.252. The maximum atomic E-state index is 13.8. The zero-order chi connectivity index (χ0) is 14.6. The number of hydrogen-bond donors (Lipinski definition) is 2. The SMILES string of the molecule is CN(C)CCCNC(=O)NC1(c2ccccc2F)CC1. The third kappa shape index (κ3) is 3.70. The highest BCUT2D eigenvalue weighted by molar-refractivity contribution is 5.75. The van der Waals surface area contributed by atoms with Crippen LogP contribution in [0.1, 0.15) is 24.8 Å². The van der Waals surface area contributed by atoms with Gasteiger partial charge in [-0.25, -0.2) is 9.18 Å². The Kier molecular flexibility index (Phi) is 4.60. The second kappa shape index (κ2) is 6.22. The Morgan fingerprint density at radius 1 is 1.35 bits per heavy atom. The summed E-state index contributed by atoms with van der Waals surface area (Å²) in [7, 11) is 3.99. The van der Waals surface area contributed by atoms with Gasteiger partial charge in [0.05, 0.1) is 5.54 Å². The highest BCUT2D eigenvalue weighted by Gasteiger charge is 2.47. The number of rotatable bonds is 6. The molecule has 0 radical (unpaired) electrons. The summed E-state index contributed by atoms with van der Waals surface area (Å²) in [5, 5.41) is 5.73. The molecule has 1 saturated carbocycles. The lowest BCUT2D eigenvalue weighted by Crippen LogP contribution is -2.43. The van der Waals surface area contributed by atoms with Crippen LogP contribution in [0.15, 0.2) is 24.3 Å². The fourth-order valence-corrected chi connectivity index (χ4v) is 2.29. The molecule has 1 aromatic carbocycles. The Bertz CT molecular complexity index is 472. The number of carbonyl (C=O) groups excluding carboxylic acids is 1. The summed E-state index contributed by atoms with van der Waals surface area (Å²) in [5.41, 5.74) is 0.0835. The molecule has 2 amide bonds. The van der Waals surface area contributed by atoms with Crippen molar-refractivity contribution in [2.24, 2.45) is 0 Å². The quantitative estimate of drug-likeness (QED) is 0.783. The molecule has 4 nitrogen and oxygen atoms in total. The summed E-state index contributed by atoms with van der Waals surface area (Å²) < 4.78 is 13.8. The van der Waals surface area contributed by atoms with Crippen LogP contribution in [-0.4, -0.2) is 38.1 Å². The molecule has 0 aromatic heterocycles. The first-order valence-corrected chi connectivity index (χ1v) is 6.99. The van der Waals surface area contributed by atoms with Gasteiger partial charge in [0.15, 0.2) is 0 Å². The van der Waals surface area contributed by atoms with Gasteiger partial charge in [-0.2, -0.15) is 0 Å². The molecular weight excluding hydrogens is 257 g/mol.